The van der Waals surface area contributed by atoms with Gasteiger partial charge in [-0.15, -0.1) is 0 Å². The first kappa shape index (κ1) is 10.4. The van der Waals surface area contributed by atoms with Crippen LogP contribution in [0.2, 0.25) is 0 Å². The van der Waals surface area contributed by atoms with Gasteiger partial charge >= 0.3 is 12.7 Å². The van der Waals surface area contributed by atoms with Crippen LogP contribution in [0.4, 0.5) is 8.78 Å². The van der Waals surface area contributed by atoms with E-state index < -0.39 is 12.7 Å². The number of fused-ring (bicyclic) bond motifs is 1. The van der Waals surface area contributed by atoms with Gasteiger partial charge in [0.25, 0.3) is 0 Å². The van der Waals surface area contributed by atoms with Gasteiger partial charge < -0.3 is 9.15 Å². The second-order valence-electron chi connectivity index (χ2n) is 3.00. The van der Waals surface area contributed by atoms with Gasteiger partial charge in [0.1, 0.15) is 5.52 Å². The Kier molecular flexibility index (Phi) is 2.68. The van der Waals surface area contributed by atoms with Crippen molar-refractivity contribution in [1.82, 2.24) is 4.98 Å². The molecule has 1 aromatic carbocycles. The minimum absolute atomic E-state index is 0.230. The molecule has 0 N–H and O–H groups in total. The summed E-state index contributed by atoms with van der Waals surface area (Å²) in [5, 5.41) is 8.50. The van der Waals surface area contributed by atoms with E-state index in [9.17, 15) is 8.78 Å². The van der Waals surface area contributed by atoms with E-state index in [4.69, 9.17) is 9.68 Å². The predicted molar refractivity (Wildman–Crippen MR) is 50.0 cm³/mol. The number of nitriles is 1. The van der Waals surface area contributed by atoms with Gasteiger partial charge in [-0.2, -0.15) is 19.0 Å². The number of rotatable bonds is 3. The highest BCUT2D eigenvalue weighted by atomic mass is 19.3. The molecule has 0 bridgehead atoms. The van der Waals surface area contributed by atoms with Crippen LogP contribution in [0.3, 0.4) is 0 Å². The molecule has 0 radical (unpaired) electrons. The number of benzene rings is 1. The maximum absolute atomic E-state index is 11.9. The van der Waals surface area contributed by atoms with E-state index in [0.29, 0.717) is 11.1 Å². The molecule has 2 rings (SSSR count). The quantitative estimate of drug-likeness (QED) is 0.803. The lowest BCUT2D eigenvalue weighted by molar-refractivity contribution is -0.0664. The monoisotopic (exact) mass is 224 g/mol. The molecule has 4 nitrogen and oxygen atoms in total. The number of aromatic nitrogens is 1. The first-order chi connectivity index (χ1) is 7.69. The molecule has 0 aliphatic rings. The molecule has 2 aromatic rings. The third kappa shape index (κ3) is 2.08. The average molecular weight is 224 g/mol. The standard InChI is InChI=1S/C10H6F2N2O2/c11-9(12)16-10-14-7-5-6(3-4-13)1-2-8(7)15-10/h1-2,5,9H,3H2. The van der Waals surface area contributed by atoms with Crippen LogP contribution in [0.25, 0.3) is 11.1 Å². The third-order valence-corrected chi connectivity index (χ3v) is 1.91. The zero-order valence-corrected chi connectivity index (χ0v) is 7.98. The molecule has 0 amide bonds. The molecule has 0 aliphatic carbocycles. The lowest BCUT2D eigenvalue weighted by Crippen LogP contribution is -2.01. The number of ether oxygens (including phenoxy) is 1. The fraction of sp³-hybridized carbons (Fsp3) is 0.200. The average Bonchev–Trinajstić information content (AvgIpc) is 2.58. The molecule has 0 saturated carbocycles. The van der Waals surface area contributed by atoms with Crippen LogP contribution in [-0.2, 0) is 6.42 Å². The Morgan fingerprint density at radius 2 is 2.31 bits per heavy atom. The fourth-order valence-electron chi connectivity index (χ4n) is 1.28. The molecular weight excluding hydrogens is 218 g/mol. The molecular formula is C10H6F2N2O2. The van der Waals surface area contributed by atoms with Crippen molar-refractivity contribution in [3.05, 3.63) is 23.8 Å². The topological polar surface area (TPSA) is 59.0 Å². The molecule has 82 valence electrons. The molecule has 1 aromatic heterocycles. The van der Waals surface area contributed by atoms with Crippen LogP contribution in [0, 0.1) is 11.3 Å². The Bertz CT molecular complexity index is 545. The Morgan fingerprint density at radius 1 is 1.50 bits per heavy atom. The van der Waals surface area contributed by atoms with Crippen LogP contribution >= 0.6 is 0 Å². The van der Waals surface area contributed by atoms with Gasteiger partial charge in [0.05, 0.1) is 12.5 Å². The summed E-state index contributed by atoms with van der Waals surface area (Å²) in [5.41, 5.74) is 1.48. The van der Waals surface area contributed by atoms with E-state index in [2.05, 4.69) is 9.72 Å². The maximum atomic E-state index is 11.9. The van der Waals surface area contributed by atoms with Crippen molar-refractivity contribution in [2.45, 2.75) is 13.0 Å². The fourth-order valence-corrected chi connectivity index (χ4v) is 1.28. The third-order valence-electron chi connectivity index (χ3n) is 1.91. The second-order valence-corrected chi connectivity index (χ2v) is 3.00. The minimum atomic E-state index is -2.97. The van der Waals surface area contributed by atoms with E-state index in [1.165, 1.54) is 0 Å². The first-order valence-electron chi connectivity index (χ1n) is 4.40. The maximum Gasteiger partial charge on any atom is 0.399 e. The van der Waals surface area contributed by atoms with Crippen molar-refractivity contribution in [2.24, 2.45) is 0 Å². The van der Waals surface area contributed by atoms with Crippen molar-refractivity contribution < 1.29 is 17.9 Å². The zero-order chi connectivity index (χ0) is 11.5. The summed E-state index contributed by atoms with van der Waals surface area (Å²) in [5.74, 6) is 0. The van der Waals surface area contributed by atoms with Gasteiger partial charge in [0, 0.05) is 0 Å². The summed E-state index contributed by atoms with van der Waals surface area (Å²) in [6.45, 7) is -2.97. The largest absolute Gasteiger partial charge is 0.409 e. The van der Waals surface area contributed by atoms with Crippen molar-refractivity contribution in [1.29, 1.82) is 5.26 Å². The number of hydrogen-bond donors (Lipinski definition) is 0. The molecule has 0 saturated heterocycles. The predicted octanol–water partition coefficient (Wildman–Crippen LogP) is 2.50. The van der Waals surface area contributed by atoms with Crippen LogP contribution in [0.1, 0.15) is 5.56 Å². The van der Waals surface area contributed by atoms with E-state index in [1.54, 1.807) is 18.2 Å². The van der Waals surface area contributed by atoms with Gasteiger partial charge in [0.15, 0.2) is 5.58 Å². The van der Waals surface area contributed by atoms with Gasteiger partial charge in [-0.05, 0) is 17.7 Å². The lowest BCUT2D eigenvalue weighted by Gasteiger charge is -1.94. The summed E-state index contributed by atoms with van der Waals surface area (Å²) in [4.78, 5) is 3.72. The first-order valence-corrected chi connectivity index (χ1v) is 4.40. The van der Waals surface area contributed by atoms with Crippen molar-refractivity contribution in [2.75, 3.05) is 0 Å². The van der Waals surface area contributed by atoms with Crippen molar-refractivity contribution in [3.8, 4) is 12.1 Å². The number of oxazole rings is 1. The van der Waals surface area contributed by atoms with Gasteiger partial charge in [-0.3, -0.25) is 0 Å². The van der Waals surface area contributed by atoms with Crippen LogP contribution in [-0.4, -0.2) is 11.6 Å². The summed E-state index contributed by atoms with van der Waals surface area (Å²) in [6, 6.07) is 6.81. The Balaban J connectivity index is 2.35. The summed E-state index contributed by atoms with van der Waals surface area (Å²) in [6.07, 6.45) is -0.243. The van der Waals surface area contributed by atoms with Crippen LogP contribution in [0.15, 0.2) is 22.6 Å². The Labute approximate surface area is 89.1 Å². The lowest BCUT2D eigenvalue weighted by atomic mass is 10.1. The smallest absolute Gasteiger partial charge is 0.399 e. The Hall–Kier alpha value is -2.16. The van der Waals surface area contributed by atoms with E-state index >= 15 is 0 Å². The van der Waals surface area contributed by atoms with Crippen LogP contribution in [0.5, 0.6) is 6.08 Å². The van der Waals surface area contributed by atoms with Gasteiger partial charge in [0.2, 0.25) is 0 Å². The normalized spacial score (nSPS) is 10.6. The Morgan fingerprint density at radius 3 is 3.00 bits per heavy atom. The molecule has 0 aliphatic heterocycles. The van der Waals surface area contributed by atoms with E-state index in [0.717, 1.165) is 5.56 Å². The number of nitrogens with zero attached hydrogens (tertiary/aromatic N) is 2. The molecule has 1 heterocycles. The molecule has 0 atom stereocenters. The van der Waals surface area contributed by atoms with Gasteiger partial charge in [-0.25, -0.2) is 0 Å². The molecule has 0 unspecified atom stereocenters. The highest BCUT2D eigenvalue weighted by Crippen LogP contribution is 2.22. The highest BCUT2D eigenvalue weighted by molar-refractivity contribution is 5.74. The molecule has 6 heteroatoms. The SMILES string of the molecule is N#CCc1ccc2oc(OC(F)F)nc2c1. The molecule has 0 fully saturated rings. The van der Waals surface area contributed by atoms with E-state index in [1.807, 2.05) is 6.07 Å². The van der Waals surface area contributed by atoms with Crippen molar-refractivity contribution in [3.63, 3.8) is 0 Å². The summed E-state index contributed by atoms with van der Waals surface area (Å²) in [7, 11) is 0. The number of hydrogen-bond acceptors (Lipinski definition) is 4. The minimum Gasteiger partial charge on any atom is -0.409 e. The van der Waals surface area contributed by atoms with Gasteiger partial charge in [-0.1, -0.05) is 6.07 Å². The number of halogens is 2. The summed E-state index contributed by atoms with van der Waals surface area (Å²) >= 11 is 0. The molecule has 16 heavy (non-hydrogen) atoms. The molecule has 0 spiro atoms. The highest BCUT2D eigenvalue weighted by Gasteiger charge is 2.12. The second kappa shape index (κ2) is 4.14. The van der Waals surface area contributed by atoms with Crippen molar-refractivity contribution >= 4 is 11.1 Å². The number of alkyl halides is 2. The van der Waals surface area contributed by atoms with Crippen LogP contribution < -0.4 is 4.74 Å². The zero-order valence-electron chi connectivity index (χ0n) is 7.98. The van der Waals surface area contributed by atoms with E-state index in [-0.39, 0.29) is 6.42 Å². The summed E-state index contributed by atoms with van der Waals surface area (Å²) < 4.78 is 32.7.